The number of sulfonamides is 1. The fraction of sp³-hybridized carbons (Fsp3) is 0.300. The number of hydrogen-bond donors (Lipinski definition) is 1. The molecule has 3 rings (SSSR count). The minimum atomic E-state index is -3.85. The van der Waals surface area contributed by atoms with Gasteiger partial charge in [-0.05, 0) is 37.3 Å². The average molecular weight is 466 g/mol. The Labute approximate surface area is 183 Å². The number of ether oxygens (including phenoxy) is 3. The van der Waals surface area contributed by atoms with Crippen LogP contribution < -0.4 is 19.4 Å². The predicted octanol–water partition coefficient (Wildman–Crippen LogP) is 2.14. The smallest absolute Gasteiger partial charge is 0.279 e. The molecule has 1 aromatic heterocycles. The monoisotopic (exact) mass is 465 g/mol. The Morgan fingerprint density at radius 2 is 1.81 bits per heavy atom. The number of nitrogens with two attached hydrogens (primary N) is 1. The van der Waals surface area contributed by atoms with E-state index in [0.717, 1.165) is 5.52 Å². The molecule has 0 saturated carbocycles. The normalized spacial score (nSPS) is 12.3. The molecule has 0 radical (unpaired) electrons. The third-order valence-corrected chi connectivity index (χ3v) is 6.39. The van der Waals surface area contributed by atoms with E-state index in [2.05, 4.69) is 4.99 Å². The van der Waals surface area contributed by atoms with Gasteiger partial charge in [0.05, 0.1) is 35.9 Å². The lowest BCUT2D eigenvalue weighted by atomic mass is 10.2. The Morgan fingerprint density at radius 1 is 1.13 bits per heavy atom. The summed E-state index contributed by atoms with van der Waals surface area (Å²) in [5, 5.41) is 5.25. The standard InChI is InChI=1S/C20H23N3O6S2/c1-4-29-8-7-23-17-6-5-16(31(21,25)26)12-18(17)30-20(23)22-19(24)13-9-14(27-2)11-15(10-13)28-3/h5-6,9-12H,4,7-8H2,1-3H3,(H2,21,25,26). The van der Waals surface area contributed by atoms with E-state index >= 15 is 0 Å². The van der Waals surface area contributed by atoms with Gasteiger partial charge in [0.1, 0.15) is 11.5 Å². The van der Waals surface area contributed by atoms with Crippen LogP contribution in [0.2, 0.25) is 0 Å². The Bertz CT molecular complexity index is 1260. The fourth-order valence-corrected chi connectivity index (χ4v) is 4.62. The van der Waals surface area contributed by atoms with Crippen molar-refractivity contribution in [1.82, 2.24) is 4.57 Å². The lowest BCUT2D eigenvalue weighted by molar-refractivity contribution is 0.0996. The molecule has 9 nitrogen and oxygen atoms in total. The molecule has 0 aliphatic carbocycles. The van der Waals surface area contributed by atoms with Crippen molar-refractivity contribution in [1.29, 1.82) is 0 Å². The maximum Gasteiger partial charge on any atom is 0.279 e. The minimum Gasteiger partial charge on any atom is -0.497 e. The van der Waals surface area contributed by atoms with Crippen LogP contribution in [0.4, 0.5) is 0 Å². The molecule has 0 bridgehead atoms. The number of carbonyl (C=O) groups is 1. The first-order valence-electron chi connectivity index (χ1n) is 9.33. The molecule has 0 unspecified atom stereocenters. The van der Waals surface area contributed by atoms with Gasteiger partial charge in [-0.1, -0.05) is 11.3 Å². The van der Waals surface area contributed by atoms with Gasteiger partial charge in [-0.3, -0.25) is 4.79 Å². The van der Waals surface area contributed by atoms with Crippen molar-refractivity contribution in [3.8, 4) is 11.5 Å². The van der Waals surface area contributed by atoms with Crippen LogP contribution in [0.1, 0.15) is 17.3 Å². The number of hydrogen-bond acceptors (Lipinski definition) is 7. The molecule has 0 saturated heterocycles. The summed E-state index contributed by atoms with van der Waals surface area (Å²) < 4.78 is 41.8. The molecule has 2 N–H and O–H groups in total. The van der Waals surface area contributed by atoms with Crippen molar-refractivity contribution in [3.05, 3.63) is 46.8 Å². The van der Waals surface area contributed by atoms with Gasteiger partial charge in [0, 0.05) is 24.8 Å². The zero-order valence-corrected chi connectivity index (χ0v) is 19.0. The highest BCUT2D eigenvalue weighted by Gasteiger charge is 2.14. The summed E-state index contributed by atoms with van der Waals surface area (Å²) in [7, 11) is -0.859. The molecule has 0 spiro atoms. The maximum atomic E-state index is 12.9. The summed E-state index contributed by atoms with van der Waals surface area (Å²) in [6.45, 7) is 3.29. The summed E-state index contributed by atoms with van der Waals surface area (Å²) in [6.07, 6.45) is 0. The van der Waals surface area contributed by atoms with Gasteiger partial charge in [0.25, 0.3) is 5.91 Å². The molecule has 3 aromatic rings. The van der Waals surface area contributed by atoms with Crippen LogP contribution in [0.3, 0.4) is 0 Å². The van der Waals surface area contributed by atoms with Crippen LogP contribution in [0.25, 0.3) is 10.2 Å². The number of methoxy groups -OCH3 is 2. The van der Waals surface area contributed by atoms with Gasteiger partial charge >= 0.3 is 0 Å². The van der Waals surface area contributed by atoms with Gasteiger partial charge in [-0.25, -0.2) is 13.6 Å². The molecule has 0 fully saturated rings. The highest BCUT2D eigenvalue weighted by Crippen LogP contribution is 2.24. The Balaban J connectivity index is 2.13. The third kappa shape index (κ3) is 5.31. The van der Waals surface area contributed by atoms with E-state index in [9.17, 15) is 13.2 Å². The number of fused-ring (bicyclic) bond motifs is 1. The lowest BCUT2D eigenvalue weighted by Gasteiger charge is -2.07. The number of thiazole rings is 1. The number of aromatic nitrogens is 1. The van der Waals surface area contributed by atoms with Crippen LogP contribution in [-0.2, 0) is 21.3 Å². The SMILES string of the molecule is CCOCCn1c(=NC(=O)c2cc(OC)cc(OC)c2)sc2cc(S(N)(=O)=O)ccc21. The second-order valence-corrected chi connectivity index (χ2v) is 9.00. The van der Waals surface area contributed by atoms with Crippen LogP contribution in [0, 0.1) is 0 Å². The Hall–Kier alpha value is -2.73. The van der Waals surface area contributed by atoms with Crippen LogP contribution in [0.5, 0.6) is 11.5 Å². The van der Waals surface area contributed by atoms with Crippen LogP contribution in [0.15, 0.2) is 46.3 Å². The van der Waals surface area contributed by atoms with E-state index in [-0.39, 0.29) is 4.90 Å². The number of primary sulfonamides is 1. The van der Waals surface area contributed by atoms with Gasteiger partial charge in [0.2, 0.25) is 10.0 Å². The molecule has 0 aliphatic rings. The summed E-state index contributed by atoms with van der Waals surface area (Å²) >= 11 is 1.19. The van der Waals surface area contributed by atoms with Gasteiger partial charge in [-0.15, -0.1) is 0 Å². The zero-order valence-electron chi connectivity index (χ0n) is 17.3. The second-order valence-electron chi connectivity index (χ2n) is 6.43. The number of carbonyl (C=O) groups excluding carboxylic acids is 1. The summed E-state index contributed by atoms with van der Waals surface area (Å²) in [5.74, 6) is 0.452. The van der Waals surface area contributed by atoms with Crippen LogP contribution >= 0.6 is 11.3 Å². The van der Waals surface area contributed by atoms with Crippen molar-refractivity contribution in [2.75, 3.05) is 27.4 Å². The van der Waals surface area contributed by atoms with E-state index in [1.54, 1.807) is 24.3 Å². The van der Waals surface area contributed by atoms with E-state index in [1.165, 1.54) is 37.7 Å². The lowest BCUT2D eigenvalue weighted by Crippen LogP contribution is -2.20. The third-order valence-electron chi connectivity index (χ3n) is 4.44. The number of nitrogens with zero attached hydrogens (tertiary/aromatic N) is 2. The van der Waals surface area contributed by atoms with E-state index < -0.39 is 15.9 Å². The van der Waals surface area contributed by atoms with Crippen molar-refractivity contribution in [3.63, 3.8) is 0 Å². The van der Waals surface area contributed by atoms with Crippen LogP contribution in [-0.4, -0.2) is 46.3 Å². The second kappa shape index (κ2) is 9.60. The predicted molar refractivity (Wildman–Crippen MR) is 117 cm³/mol. The molecule has 1 amide bonds. The number of amides is 1. The van der Waals surface area contributed by atoms with E-state index in [1.807, 2.05) is 11.5 Å². The average Bonchev–Trinajstić information content (AvgIpc) is 3.09. The van der Waals surface area contributed by atoms with Crippen molar-refractivity contribution in [2.45, 2.75) is 18.4 Å². The molecule has 0 atom stereocenters. The fourth-order valence-electron chi connectivity index (χ4n) is 2.91. The number of benzene rings is 2. The Morgan fingerprint density at radius 3 is 2.39 bits per heavy atom. The van der Waals surface area contributed by atoms with E-state index in [4.69, 9.17) is 19.3 Å². The molecule has 166 valence electrons. The summed E-state index contributed by atoms with van der Waals surface area (Å²) in [6, 6.07) is 9.37. The van der Waals surface area contributed by atoms with E-state index in [0.29, 0.717) is 46.3 Å². The maximum absolute atomic E-state index is 12.9. The molecular formula is C20H23N3O6S2. The molecule has 1 heterocycles. The highest BCUT2D eigenvalue weighted by molar-refractivity contribution is 7.89. The summed E-state index contributed by atoms with van der Waals surface area (Å²) in [4.78, 5) is 17.6. The Kier molecular flexibility index (Phi) is 7.11. The van der Waals surface area contributed by atoms with Gasteiger partial charge in [-0.2, -0.15) is 4.99 Å². The molecule has 31 heavy (non-hydrogen) atoms. The topological polar surface area (TPSA) is 122 Å². The highest BCUT2D eigenvalue weighted by atomic mass is 32.2. The first-order chi connectivity index (χ1) is 14.8. The molecule has 11 heteroatoms. The number of rotatable bonds is 8. The van der Waals surface area contributed by atoms with Crippen molar-refractivity contribution >= 4 is 37.5 Å². The van der Waals surface area contributed by atoms with Crippen molar-refractivity contribution in [2.24, 2.45) is 10.1 Å². The summed E-state index contributed by atoms with van der Waals surface area (Å²) in [5.41, 5.74) is 1.03. The minimum absolute atomic E-state index is 0.00591. The largest absolute Gasteiger partial charge is 0.497 e. The van der Waals surface area contributed by atoms with Gasteiger partial charge in [0.15, 0.2) is 4.80 Å². The first kappa shape index (κ1) is 22.9. The first-order valence-corrected chi connectivity index (χ1v) is 11.7. The molecule has 0 aliphatic heterocycles. The van der Waals surface area contributed by atoms with Crippen molar-refractivity contribution < 1.29 is 27.4 Å². The quantitative estimate of drug-likeness (QED) is 0.509. The molecule has 2 aromatic carbocycles. The molecular weight excluding hydrogens is 442 g/mol. The van der Waals surface area contributed by atoms with Gasteiger partial charge < -0.3 is 18.8 Å². The zero-order chi connectivity index (χ0) is 22.6.